The van der Waals surface area contributed by atoms with E-state index < -0.39 is 0 Å². The fourth-order valence-electron chi connectivity index (χ4n) is 2.59. The molecule has 108 valence electrons. The predicted octanol–water partition coefficient (Wildman–Crippen LogP) is 2.78. The van der Waals surface area contributed by atoms with Crippen LogP contribution >= 0.6 is 0 Å². The lowest BCUT2D eigenvalue weighted by molar-refractivity contribution is 0.628. The van der Waals surface area contributed by atoms with Crippen LogP contribution in [0.2, 0.25) is 0 Å². The summed E-state index contributed by atoms with van der Waals surface area (Å²) >= 11 is 0. The van der Waals surface area contributed by atoms with Crippen molar-refractivity contribution < 1.29 is 0 Å². The molecule has 0 aliphatic heterocycles. The molecule has 0 saturated carbocycles. The zero-order chi connectivity index (χ0) is 14.5. The lowest BCUT2D eigenvalue weighted by Gasteiger charge is -2.08. The summed E-state index contributed by atoms with van der Waals surface area (Å²) in [7, 11) is 0. The normalized spacial score (nSPS) is 11.1. The quantitative estimate of drug-likeness (QED) is 0.706. The van der Waals surface area contributed by atoms with Crippen molar-refractivity contribution in [2.24, 2.45) is 0 Å². The molecule has 0 fully saturated rings. The van der Waals surface area contributed by atoms with Crippen LogP contribution in [0.4, 0.5) is 0 Å². The van der Waals surface area contributed by atoms with E-state index in [4.69, 9.17) is 0 Å². The van der Waals surface area contributed by atoms with Gasteiger partial charge < -0.3 is 9.88 Å². The van der Waals surface area contributed by atoms with Gasteiger partial charge in [-0.2, -0.15) is 0 Å². The molecule has 4 nitrogen and oxygen atoms in total. The summed E-state index contributed by atoms with van der Waals surface area (Å²) in [6.45, 7) is 4.88. The molecule has 3 rings (SSSR count). The third-order valence-corrected chi connectivity index (χ3v) is 3.73. The molecule has 0 saturated heterocycles. The van der Waals surface area contributed by atoms with Crippen LogP contribution in [0.1, 0.15) is 18.2 Å². The second-order valence-corrected chi connectivity index (χ2v) is 5.09. The number of nitrogens with zero attached hydrogens (tertiary/aromatic N) is 3. The summed E-state index contributed by atoms with van der Waals surface area (Å²) < 4.78 is 2.16. The standard InChI is InChI=1S/C17H20N4/c1-2-21-13-19-12-16(21)11-18-10-8-15-6-3-5-14-7-4-9-20-17(14)15/h3-7,9,12-13,18H,2,8,10-11H2,1H3. The van der Waals surface area contributed by atoms with Gasteiger partial charge in [-0.15, -0.1) is 0 Å². The molecule has 2 aromatic heterocycles. The number of para-hydroxylation sites is 1. The first-order valence-electron chi connectivity index (χ1n) is 7.41. The Morgan fingerprint density at radius 1 is 1.19 bits per heavy atom. The first-order valence-corrected chi connectivity index (χ1v) is 7.41. The Morgan fingerprint density at radius 2 is 2.10 bits per heavy atom. The monoisotopic (exact) mass is 280 g/mol. The second kappa shape index (κ2) is 6.50. The van der Waals surface area contributed by atoms with E-state index in [9.17, 15) is 0 Å². The van der Waals surface area contributed by atoms with Crippen molar-refractivity contribution in [1.82, 2.24) is 19.9 Å². The highest BCUT2D eigenvalue weighted by Crippen LogP contribution is 2.16. The van der Waals surface area contributed by atoms with Gasteiger partial charge in [0.15, 0.2) is 0 Å². The van der Waals surface area contributed by atoms with E-state index in [0.29, 0.717) is 0 Å². The van der Waals surface area contributed by atoms with Crippen LogP contribution in [-0.2, 0) is 19.5 Å². The molecule has 0 unspecified atom stereocenters. The van der Waals surface area contributed by atoms with Crippen molar-refractivity contribution in [2.75, 3.05) is 6.54 Å². The second-order valence-electron chi connectivity index (χ2n) is 5.09. The van der Waals surface area contributed by atoms with Gasteiger partial charge >= 0.3 is 0 Å². The maximum absolute atomic E-state index is 4.50. The highest BCUT2D eigenvalue weighted by Gasteiger charge is 2.02. The highest BCUT2D eigenvalue weighted by molar-refractivity contribution is 5.81. The minimum Gasteiger partial charge on any atom is -0.334 e. The number of hydrogen-bond acceptors (Lipinski definition) is 3. The van der Waals surface area contributed by atoms with Gasteiger partial charge in [-0.3, -0.25) is 4.98 Å². The summed E-state index contributed by atoms with van der Waals surface area (Å²) in [5.41, 5.74) is 3.64. The van der Waals surface area contributed by atoms with Gasteiger partial charge in [0.25, 0.3) is 0 Å². The molecule has 0 spiro atoms. The lowest BCUT2D eigenvalue weighted by Crippen LogP contribution is -2.18. The number of hydrogen-bond donors (Lipinski definition) is 1. The van der Waals surface area contributed by atoms with E-state index in [-0.39, 0.29) is 0 Å². The number of rotatable bonds is 6. The smallest absolute Gasteiger partial charge is 0.0948 e. The van der Waals surface area contributed by atoms with Crippen molar-refractivity contribution in [3.05, 3.63) is 60.3 Å². The van der Waals surface area contributed by atoms with E-state index in [1.165, 1.54) is 16.6 Å². The SMILES string of the molecule is CCn1cncc1CNCCc1cccc2cccnc12. The van der Waals surface area contributed by atoms with Gasteiger partial charge in [0.05, 0.1) is 17.5 Å². The van der Waals surface area contributed by atoms with Crippen molar-refractivity contribution in [3.8, 4) is 0 Å². The Morgan fingerprint density at radius 3 is 3.00 bits per heavy atom. The molecule has 3 aromatic rings. The Balaban J connectivity index is 1.60. The summed E-state index contributed by atoms with van der Waals surface area (Å²) in [6, 6.07) is 10.5. The van der Waals surface area contributed by atoms with E-state index in [1.54, 1.807) is 0 Å². The molecular formula is C17H20N4. The van der Waals surface area contributed by atoms with Crippen molar-refractivity contribution in [2.45, 2.75) is 26.4 Å². The van der Waals surface area contributed by atoms with E-state index in [0.717, 1.165) is 31.6 Å². The fraction of sp³-hybridized carbons (Fsp3) is 0.294. The minimum absolute atomic E-state index is 0.853. The molecule has 21 heavy (non-hydrogen) atoms. The fourth-order valence-corrected chi connectivity index (χ4v) is 2.59. The van der Waals surface area contributed by atoms with E-state index >= 15 is 0 Å². The largest absolute Gasteiger partial charge is 0.334 e. The number of imidazole rings is 1. The van der Waals surface area contributed by atoms with E-state index in [2.05, 4.69) is 51.0 Å². The topological polar surface area (TPSA) is 42.7 Å². The Labute approximate surface area is 124 Å². The zero-order valence-electron chi connectivity index (χ0n) is 12.3. The highest BCUT2D eigenvalue weighted by atomic mass is 15.1. The third-order valence-electron chi connectivity index (χ3n) is 3.73. The molecule has 0 radical (unpaired) electrons. The molecule has 0 bridgehead atoms. The Bertz CT molecular complexity index is 712. The van der Waals surface area contributed by atoms with Crippen molar-refractivity contribution in [3.63, 3.8) is 0 Å². The van der Waals surface area contributed by atoms with Crippen molar-refractivity contribution >= 4 is 10.9 Å². The number of fused-ring (bicyclic) bond motifs is 1. The summed E-state index contributed by atoms with van der Waals surface area (Å²) in [5, 5.41) is 4.69. The van der Waals surface area contributed by atoms with Crippen LogP contribution in [-0.4, -0.2) is 21.1 Å². The van der Waals surface area contributed by atoms with Crippen LogP contribution < -0.4 is 5.32 Å². The molecule has 2 heterocycles. The van der Waals surface area contributed by atoms with Gasteiger partial charge in [-0.1, -0.05) is 24.3 Å². The van der Waals surface area contributed by atoms with E-state index in [1.807, 2.05) is 24.8 Å². The van der Waals surface area contributed by atoms with Gasteiger partial charge in [-0.05, 0) is 31.5 Å². The van der Waals surface area contributed by atoms with Crippen LogP contribution in [0.25, 0.3) is 10.9 Å². The molecule has 1 N–H and O–H groups in total. The Hall–Kier alpha value is -2.20. The number of aromatic nitrogens is 3. The molecule has 4 heteroatoms. The number of benzene rings is 1. The van der Waals surface area contributed by atoms with Crippen LogP contribution in [0.5, 0.6) is 0 Å². The Kier molecular flexibility index (Phi) is 4.26. The average Bonchev–Trinajstić information content (AvgIpc) is 2.99. The molecule has 0 aliphatic carbocycles. The first-order chi connectivity index (χ1) is 10.4. The zero-order valence-corrected chi connectivity index (χ0v) is 12.3. The van der Waals surface area contributed by atoms with Crippen LogP contribution in [0.15, 0.2) is 49.1 Å². The van der Waals surface area contributed by atoms with Gasteiger partial charge in [-0.25, -0.2) is 4.98 Å². The number of nitrogens with one attached hydrogen (secondary N) is 1. The van der Waals surface area contributed by atoms with Gasteiger partial charge in [0.2, 0.25) is 0 Å². The minimum atomic E-state index is 0.853. The molecule has 0 aliphatic rings. The number of pyridine rings is 1. The third kappa shape index (κ3) is 3.11. The van der Waals surface area contributed by atoms with Gasteiger partial charge in [0, 0.05) is 30.9 Å². The van der Waals surface area contributed by atoms with Crippen molar-refractivity contribution in [1.29, 1.82) is 0 Å². The lowest BCUT2D eigenvalue weighted by atomic mass is 10.1. The molecule has 0 amide bonds. The summed E-state index contributed by atoms with van der Waals surface area (Å²) in [6.07, 6.45) is 6.65. The van der Waals surface area contributed by atoms with Gasteiger partial charge in [0.1, 0.15) is 0 Å². The maximum Gasteiger partial charge on any atom is 0.0948 e. The molecule has 1 aromatic carbocycles. The molecule has 0 atom stereocenters. The first kappa shape index (κ1) is 13.8. The molecular weight excluding hydrogens is 260 g/mol. The summed E-state index contributed by atoms with van der Waals surface area (Å²) in [5.74, 6) is 0. The average molecular weight is 280 g/mol. The predicted molar refractivity (Wildman–Crippen MR) is 85.1 cm³/mol. The van der Waals surface area contributed by atoms with Crippen LogP contribution in [0, 0.1) is 0 Å². The maximum atomic E-state index is 4.50. The van der Waals surface area contributed by atoms with Crippen LogP contribution in [0.3, 0.4) is 0 Å². The number of aryl methyl sites for hydroxylation is 1. The summed E-state index contributed by atoms with van der Waals surface area (Å²) in [4.78, 5) is 8.68.